The van der Waals surface area contributed by atoms with Crippen LogP contribution >= 0.6 is 0 Å². The zero-order valence-corrected chi connectivity index (χ0v) is 21.3. The van der Waals surface area contributed by atoms with Gasteiger partial charge in [0.05, 0.1) is 5.57 Å². The summed E-state index contributed by atoms with van der Waals surface area (Å²) in [6.45, 7) is 2.13. The molecule has 186 valence electrons. The van der Waals surface area contributed by atoms with Crippen molar-refractivity contribution in [2.45, 2.75) is 44.2 Å². The number of benzene rings is 4. The van der Waals surface area contributed by atoms with Crippen molar-refractivity contribution >= 4 is 11.3 Å². The largest absolute Gasteiger partial charge is 0.623 e. The van der Waals surface area contributed by atoms with E-state index in [9.17, 15) is 10.3 Å². The molecule has 1 N–H and O–H groups in total. The Hall–Kier alpha value is -3.95. The molecule has 0 radical (unpaired) electrons. The lowest BCUT2D eigenvalue weighted by Gasteiger charge is -2.31. The molecule has 37 heavy (non-hydrogen) atoms. The van der Waals surface area contributed by atoms with Crippen LogP contribution in [0, 0.1) is 5.21 Å². The molecule has 0 aliphatic carbocycles. The Kier molecular flexibility index (Phi) is 7.34. The molecule has 0 saturated heterocycles. The van der Waals surface area contributed by atoms with E-state index in [4.69, 9.17) is 0 Å². The molecule has 1 heterocycles. The fourth-order valence-electron chi connectivity index (χ4n) is 5.59. The van der Waals surface area contributed by atoms with Crippen LogP contribution in [0.2, 0.25) is 0 Å². The first-order valence-electron chi connectivity index (χ1n) is 13.1. The second-order valence-electron chi connectivity index (χ2n) is 9.76. The van der Waals surface area contributed by atoms with Gasteiger partial charge in [-0.05, 0) is 23.1 Å². The van der Waals surface area contributed by atoms with Gasteiger partial charge >= 0.3 is 0 Å². The number of rotatable bonds is 8. The number of unbranched alkanes of at least 4 members (excludes halogenated alkanes) is 1. The van der Waals surface area contributed by atoms with Crippen molar-refractivity contribution in [3.8, 4) is 0 Å². The summed E-state index contributed by atoms with van der Waals surface area (Å²) in [5, 5.41) is 27.2. The van der Waals surface area contributed by atoms with Gasteiger partial charge in [-0.1, -0.05) is 135 Å². The van der Waals surface area contributed by atoms with Crippen molar-refractivity contribution in [3.63, 3.8) is 0 Å². The highest BCUT2D eigenvalue weighted by Gasteiger charge is 2.57. The van der Waals surface area contributed by atoms with E-state index in [-0.39, 0.29) is 0 Å². The molecule has 5 rings (SSSR count). The highest BCUT2D eigenvalue weighted by Crippen LogP contribution is 2.48. The number of nitrogens with zero attached hydrogens (tertiary/aromatic N) is 1. The maximum atomic E-state index is 14.3. The standard InChI is InChI=1S/C34H33NO2/c1-2-3-24-30-32(31(27-18-10-5-11-19-27)28-20-12-6-13-21-28)34(36,25-26-16-8-4-9-17-26)33(35(30)37)29-22-14-7-15-23-29/h4-23,33,36H,2-3,24-25H2,1H3/t33-,34-/m0/s1. The van der Waals surface area contributed by atoms with Crippen LogP contribution in [-0.4, -0.2) is 21.2 Å². The van der Waals surface area contributed by atoms with Crippen LogP contribution in [0.4, 0.5) is 0 Å². The summed E-state index contributed by atoms with van der Waals surface area (Å²) in [6.07, 6.45) is 2.78. The van der Waals surface area contributed by atoms with Gasteiger partial charge in [-0.15, -0.1) is 0 Å². The van der Waals surface area contributed by atoms with Gasteiger partial charge in [0.15, 0.2) is 11.3 Å². The molecule has 0 saturated carbocycles. The lowest BCUT2D eigenvalue weighted by Crippen LogP contribution is -2.40. The van der Waals surface area contributed by atoms with Crippen LogP contribution in [0.1, 0.15) is 54.5 Å². The second-order valence-corrected chi connectivity index (χ2v) is 9.76. The molecule has 0 spiro atoms. The number of hydroxylamine groups is 1. The summed E-state index contributed by atoms with van der Waals surface area (Å²) in [6, 6.07) is 39.3. The molecule has 0 amide bonds. The van der Waals surface area contributed by atoms with Gasteiger partial charge in [0, 0.05) is 24.0 Å². The monoisotopic (exact) mass is 487 g/mol. The summed E-state index contributed by atoms with van der Waals surface area (Å²) in [5.74, 6) is 0. The Balaban J connectivity index is 1.85. The summed E-state index contributed by atoms with van der Waals surface area (Å²) in [5.41, 5.74) is 4.70. The molecule has 4 aromatic rings. The Labute approximate surface area is 219 Å². The predicted octanol–water partition coefficient (Wildman–Crippen LogP) is 7.36. The van der Waals surface area contributed by atoms with Crippen molar-refractivity contribution in [3.05, 3.63) is 154 Å². The molecule has 2 atom stereocenters. The minimum atomic E-state index is -1.44. The molecule has 0 bridgehead atoms. The first-order valence-corrected chi connectivity index (χ1v) is 13.1. The minimum absolute atomic E-state index is 0.334. The average molecular weight is 488 g/mol. The van der Waals surface area contributed by atoms with Crippen LogP contribution in [0.3, 0.4) is 0 Å². The summed E-state index contributed by atoms with van der Waals surface area (Å²) in [4.78, 5) is 0. The molecule has 0 fully saturated rings. The summed E-state index contributed by atoms with van der Waals surface area (Å²) < 4.78 is 1.11. The SMILES string of the molecule is CCCCC1=[N+]([O-])[C@@H](c2ccccc2)[C@](O)(Cc2ccccc2)C1=C(c1ccccc1)c1ccccc1. The Bertz CT molecular complexity index is 1340. The van der Waals surface area contributed by atoms with Crippen molar-refractivity contribution in [1.29, 1.82) is 0 Å². The minimum Gasteiger partial charge on any atom is -0.623 e. The van der Waals surface area contributed by atoms with Crippen molar-refractivity contribution in [2.24, 2.45) is 0 Å². The lowest BCUT2D eigenvalue weighted by molar-refractivity contribution is -0.518. The zero-order valence-electron chi connectivity index (χ0n) is 21.3. The fraction of sp³-hybridized carbons (Fsp3) is 0.206. The molecule has 0 unspecified atom stereocenters. The van der Waals surface area contributed by atoms with Crippen molar-refractivity contribution in [1.82, 2.24) is 0 Å². The number of hydrogen-bond acceptors (Lipinski definition) is 2. The van der Waals surface area contributed by atoms with Gasteiger partial charge in [0.25, 0.3) is 0 Å². The maximum Gasteiger partial charge on any atom is 0.221 e. The molecule has 3 heteroatoms. The van der Waals surface area contributed by atoms with E-state index in [2.05, 4.69) is 31.2 Å². The second kappa shape index (κ2) is 11.0. The van der Waals surface area contributed by atoms with Gasteiger partial charge in [0.2, 0.25) is 6.04 Å². The molecular weight excluding hydrogens is 454 g/mol. The summed E-state index contributed by atoms with van der Waals surface area (Å²) in [7, 11) is 0. The Morgan fingerprint density at radius 1 is 0.757 bits per heavy atom. The topological polar surface area (TPSA) is 46.3 Å². The molecule has 4 aromatic carbocycles. The first-order chi connectivity index (χ1) is 18.1. The third-order valence-corrected chi connectivity index (χ3v) is 7.25. The van der Waals surface area contributed by atoms with Crippen LogP contribution in [-0.2, 0) is 6.42 Å². The Morgan fingerprint density at radius 3 is 1.76 bits per heavy atom. The molecule has 1 aliphatic heterocycles. The molecule has 3 nitrogen and oxygen atoms in total. The van der Waals surface area contributed by atoms with E-state index in [0.717, 1.165) is 51.0 Å². The van der Waals surface area contributed by atoms with Crippen LogP contribution < -0.4 is 0 Å². The van der Waals surface area contributed by atoms with E-state index in [0.29, 0.717) is 18.6 Å². The van der Waals surface area contributed by atoms with E-state index in [1.807, 2.05) is 97.1 Å². The third-order valence-electron chi connectivity index (χ3n) is 7.25. The number of hydrogen-bond donors (Lipinski definition) is 1. The highest BCUT2D eigenvalue weighted by molar-refractivity contribution is 6.09. The molecule has 0 aromatic heterocycles. The van der Waals surface area contributed by atoms with Crippen molar-refractivity contribution < 1.29 is 9.85 Å². The van der Waals surface area contributed by atoms with Gasteiger partial charge in [-0.3, -0.25) is 0 Å². The quantitative estimate of drug-likeness (QED) is 0.208. The van der Waals surface area contributed by atoms with Gasteiger partial charge in [-0.25, -0.2) is 0 Å². The third kappa shape index (κ3) is 4.87. The number of aliphatic hydroxyl groups is 1. The smallest absolute Gasteiger partial charge is 0.221 e. The van der Waals surface area contributed by atoms with Crippen LogP contribution in [0.15, 0.2) is 127 Å². The van der Waals surface area contributed by atoms with Crippen LogP contribution in [0.5, 0.6) is 0 Å². The normalized spacial score (nSPS) is 19.3. The predicted molar refractivity (Wildman–Crippen MR) is 151 cm³/mol. The van der Waals surface area contributed by atoms with Gasteiger partial charge < -0.3 is 10.3 Å². The first kappa shape index (κ1) is 24.7. The van der Waals surface area contributed by atoms with E-state index in [1.165, 1.54) is 0 Å². The average Bonchev–Trinajstić information content (AvgIpc) is 3.15. The van der Waals surface area contributed by atoms with Crippen molar-refractivity contribution in [2.75, 3.05) is 0 Å². The Morgan fingerprint density at radius 2 is 1.24 bits per heavy atom. The highest BCUT2D eigenvalue weighted by atomic mass is 16.5. The van der Waals surface area contributed by atoms with Gasteiger partial charge in [-0.2, -0.15) is 4.74 Å². The maximum absolute atomic E-state index is 14.3. The van der Waals surface area contributed by atoms with E-state index < -0.39 is 11.6 Å². The van der Waals surface area contributed by atoms with Crippen LogP contribution in [0.25, 0.3) is 5.57 Å². The van der Waals surface area contributed by atoms with E-state index >= 15 is 0 Å². The molecular formula is C34H33NO2. The molecule has 1 aliphatic rings. The lowest BCUT2D eigenvalue weighted by atomic mass is 9.74. The summed E-state index contributed by atoms with van der Waals surface area (Å²) >= 11 is 0. The van der Waals surface area contributed by atoms with Gasteiger partial charge in [0.1, 0.15) is 0 Å². The van der Waals surface area contributed by atoms with E-state index in [1.54, 1.807) is 0 Å². The zero-order chi connectivity index (χ0) is 25.7. The fourth-order valence-corrected chi connectivity index (χ4v) is 5.59.